The quantitative estimate of drug-likeness (QED) is 0.0532. The average Bonchev–Trinajstić information content (AvgIpc) is 3.40. The van der Waals surface area contributed by atoms with Crippen LogP contribution in [0.4, 0.5) is 0 Å². The van der Waals surface area contributed by atoms with Gasteiger partial charge < -0.3 is 15.5 Å². The number of hydrogen-bond donors (Lipinski definition) is 3. The van der Waals surface area contributed by atoms with Crippen molar-refractivity contribution in [2.75, 3.05) is 6.61 Å². The smallest absolute Gasteiger partial charge is 0.220 e. The van der Waals surface area contributed by atoms with Crippen LogP contribution in [0.2, 0.25) is 0 Å². The number of unbranched alkanes of at least 4 members (excludes halogenated alkanes) is 59. The zero-order valence-electron chi connectivity index (χ0n) is 50.7. The predicted octanol–water partition coefficient (Wildman–Crippen LogP) is 23.4. The van der Waals surface area contributed by atoms with Crippen LogP contribution in [0.1, 0.15) is 418 Å². The van der Waals surface area contributed by atoms with Crippen molar-refractivity contribution >= 4 is 5.91 Å². The molecule has 0 rings (SSSR count). The van der Waals surface area contributed by atoms with E-state index in [1.807, 2.05) is 0 Å². The molecule has 0 aromatic rings. The molecule has 0 aliphatic carbocycles. The van der Waals surface area contributed by atoms with Crippen LogP contribution in [0, 0.1) is 0 Å². The minimum atomic E-state index is -0.656. The second-order valence-corrected chi connectivity index (χ2v) is 24.3. The topological polar surface area (TPSA) is 69.6 Å². The maximum atomic E-state index is 12.6. The minimum absolute atomic E-state index is 0.0194. The average molecular weight is 1030 g/mol. The van der Waals surface area contributed by atoms with Crippen molar-refractivity contribution in [2.45, 2.75) is 431 Å². The van der Waals surface area contributed by atoms with Gasteiger partial charge in [0.1, 0.15) is 0 Å². The van der Waals surface area contributed by atoms with Gasteiger partial charge in [-0.1, -0.05) is 399 Å². The van der Waals surface area contributed by atoms with Gasteiger partial charge in [0, 0.05) is 6.42 Å². The molecule has 0 saturated heterocycles. The van der Waals surface area contributed by atoms with Gasteiger partial charge in [0.05, 0.1) is 18.8 Å². The molecule has 0 aromatic heterocycles. The molecule has 4 heteroatoms. The summed E-state index contributed by atoms with van der Waals surface area (Å²) in [7, 11) is 0. The fourth-order valence-electron chi connectivity index (χ4n) is 11.6. The zero-order chi connectivity index (χ0) is 52.7. The summed E-state index contributed by atoms with van der Waals surface area (Å²) in [6.45, 7) is 4.42. The molecule has 0 aromatic carbocycles. The highest BCUT2D eigenvalue weighted by atomic mass is 16.3. The highest BCUT2D eigenvalue weighted by molar-refractivity contribution is 5.76. The number of carbonyl (C=O) groups is 1. The Labute approximate surface area is 461 Å². The summed E-state index contributed by atoms with van der Waals surface area (Å²) in [6.07, 6.45) is 86.0. The van der Waals surface area contributed by atoms with Crippen molar-refractivity contribution in [3.8, 4) is 0 Å². The molecule has 73 heavy (non-hydrogen) atoms. The van der Waals surface area contributed by atoms with E-state index in [2.05, 4.69) is 19.2 Å². The van der Waals surface area contributed by atoms with Crippen molar-refractivity contribution in [2.24, 2.45) is 0 Å². The van der Waals surface area contributed by atoms with E-state index >= 15 is 0 Å². The molecule has 3 N–H and O–H groups in total. The third kappa shape index (κ3) is 62.1. The van der Waals surface area contributed by atoms with Crippen molar-refractivity contribution in [3.05, 3.63) is 0 Å². The van der Waals surface area contributed by atoms with Crippen LogP contribution in [0.3, 0.4) is 0 Å². The Kier molecular flexibility index (Phi) is 65.1. The highest BCUT2D eigenvalue weighted by Gasteiger charge is 2.20. The van der Waals surface area contributed by atoms with Crippen molar-refractivity contribution in [1.29, 1.82) is 0 Å². The fourth-order valence-corrected chi connectivity index (χ4v) is 11.6. The summed E-state index contributed by atoms with van der Waals surface area (Å²) in [5.41, 5.74) is 0. The molecule has 2 atom stereocenters. The monoisotopic (exact) mass is 1030 g/mol. The van der Waals surface area contributed by atoms with E-state index < -0.39 is 12.1 Å². The summed E-state index contributed by atoms with van der Waals surface area (Å²) in [4.78, 5) is 12.6. The van der Waals surface area contributed by atoms with Crippen molar-refractivity contribution in [3.63, 3.8) is 0 Å². The molecule has 0 heterocycles. The Balaban J connectivity index is 3.34. The summed E-state index contributed by atoms with van der Waals surface area (Å²) in [5.74, 6) is -0.0194. The van der Waals surface area contributed by atoms with Gasteiger partial charge in [-0.2, -0.15) is 0 Å². The number of aliphatic hydroxyl groups excluding tert-OH is 2. The molecule has 1 amide bonds. The van der Waals surface area contributed by atoms with Crippen LogP contribution < -0.4 is 5.32 Å². The van der Waals surface area contributed by atoms with E-state index in [0.29, 0.717) is 12.8 Å². The number of amides is 1. The minimum Gasteiger partial charge on any atom is -0.394 e. The van der Waals surface area contributed by atoms with Crippen molar-refractivity contribution < 1.29 is 15.0 Å². The number of aliphatic hydroxyl groups is 2. The van der Waals surface area contributed by atoms with Crippen molar-refractivity contribution in [1.82, 2.24) is 5.32 Å². The van der Waals surface area contributed by atoms with Crippen LogP contribution in [-0.2, 0) is 4.79 Å². The first-order valence-electron chi connectivity index (χ1n) is 34.7. The summed E-state index contributed by atoms with van der Waals surface area (Å²) < 4.78 is 0. The lowest BCUT2D eigenvalue weighted by Gasteiger charge is -2.22. The van der Waals surface area contributed by atoms with Gasteiger partial charge in [0.15, 0.2) is 0 Å². The van der Waals surface area contributed by atoms with Gasteiger partial charge in [0.2, 0.25) is 5.91 Å². The maximum Gasteiger partial charge on any atom is 0.220 e. The number of hydrogen-bond acceptors (Lipinski definition) is 3. The lowest BCUT2D eigenvalue weighted by atomic mass is 10.0. The SMILES string of the molecule is CCCCCCCCCCCCCCCCCCCCCCCCCCCCCCCCCCCCCCC(=O)NC(CO)C(O)CCCCCCCCCCCCCCCCCCCCCCCCCCC. The zero-order valence-corrected chi connectivity index (χ0v) is 50.7. The van der Waals surface area contributed by atoms with E-state index in [-0.39, 0.29) is 12.5 Å². The van der Waals surface area contributed by atoms with Gasteiger partial charge >= 0.3 is 0 Å². The molecular formula is C69H139NO3. The molecule has 4 nitrogen and oxygen atoms in total. The van der Waals surface area contributed by atoms with E-state index in [1.54, 1.807) is 0 Å². The maximum absolute atomic E-state index is 12.6. The fraction of sp³-hybridized carbons (Fsp3) is 0.986. The second-order valence-electron chi connectivity index (χ2n) is 24.3. The van der Waals surface area contributed by atoms with Crippen LogP contribution in [0.5, 0.6) is 0 Å². The Hall–Kier alpha value is -0.610. The van der Waals surface area contributed by atoms with E-state index in [4.69, 9.17) is 0 Å². The van der Waals surface area contributed by atoms with Crippen LogP contribution in [0.15, 0.2) is 0 Å². The van der Waals surface area contributed by atoms with Gasteiger partial charge in [-0.3, -0.25) is 4.79 Å². The molecule has 0 radical (unpaired) electrons. The van der Waals surface area contributed by atoms with E-state index in [9.17, 15) is 15.0 Å². The summed E-state index contributed by atoms with van der Waals surface area (Å²) in [6, 6.07) is -0.533. The Morgan fingerprint density at radius 1 is 0.274 bits per heavy atom. The van der Waals surface area contributed by atoms with E-state index in [1.165, 1.54) is 366 Å². The normalized spacial score (nSPS) is 12.5. The Morgan fingerprint density at radius 2 is 0.438 bits per heavy atom. The van der Waals surface area contributed by atoms with Gasteiger partial charge in [-0.25, -0.2) is 0 Å². The Morgan fingerprint density at radius 3 is 0.616 bits per heavy atom. The highest BCUT2D eigenvalue weighted by Crippen LogP contribution is 2.20. The molecule has 0 aliphatic rings. The first kappa shape index (κ1) is 72.4. The van der Waals surface area contributed by atoms with Gasteiger partial charge in [-0.05, 0) is 12.8 Å². The van der Waals surface area contributed by atoms with Crippen LogP contribution >= 0.6 is 0 Å². The second kappa shape index (κ2) is 65.7. The third-order valence-corrected chi connectivity index (χ3v) is 16.9. The lowest BCUT2D eigenvalue weighted by Crippen LogP contribution is -2.45. The molecular weight excluding hydrogens is 891 g/mol. The number of carbonyl (C=O) groups excluding carboxylic acids is 1. The molecule has 0 aliphatic heterocycles. The van der Waals surface area contributed by atoms with Crippen LogP contribution in [0.25, 0.3) is 0 Å². The standard InChI is InChI=1S/C69H139NO3/c1-3-5-7-9-11-13-15-17-19-21-23-25-27-29-30-31-32-33-34-35-36-37-38-39-41-43-45-47-49-51-53-55-57-59-61-63-65-69(73)70-67(66-71)68(72)64-62-60-58-56-54-52-50-48-46-44-42-40-28-26-24-22-20-18-16-14-12-10-8-6-4-2/h67-68,71-72H,3-66H2,1-2H3,(H,70,73). The lowest BCUT2D eigenvalue weighted by molar-refractivity contribution is -0.123. The Bertz CT molecular complexity index is 987. The largest absolute Gasteiger partial charge is 0.394 e. The molecule has 0 fully saturated rings. The molecule has 0 spiro atoms. The molecule has 438 valence electrons. The number of nitrogens with one attached hydrogen (secondary N) is 1. The first-order chi connectivity index (χ1) is 36.2. The first-order valence-corrected chi connectivity index (χ1v) is 34.7. The molecule has 2 unspecified atom stereocenters. The third-order valence-electron chi connectivity index (χ3n) is 16.9. The predicted molar refractivity (Wildman–Crippen MR) is 327 cm³/mol. The van der Waals surface area contributed by atoms with Crippen LogP contribution in [-0.4, -0.2) is 34.9 Å². The van der Waals surface area contributed by atoms with E-state index in [0.717, 1.165) is 25.7 Å². The summed E-state index contributed by atoms with van der Waals surface area (Å²) in [5, 5.41) is 23.5. The summed E-state index contributed by atoms with van der Waals surface area (Å²) >= 11 is 0. The molecule has 0 bridgehead atoms. The van der Waals surface area contributed by atoms with Gasteiger partial charge in [0.25, 0.3) is 0 Å². The van der Waals surface area contributed by atoms with Gasteiger partial charge in [-0.15, -0.1) is 0 Å². The number of rotatable bonds is 66. The molecule has 0 saturated carbocycles.